The van der Waals surface area contributed by atoms with Gasteiger partial charge in [0.05, 0.1) is 12.8 Å². The maximum absolute atomic E-state index is 11.1. The van der Waals surface area contributed by atoms with Gasteiger partial charge in [0, 0.05) is 19.8 Å². The van der Waals surface area contributed by atoms with Crippen molar-refractivity contribution in [1.82, 2.24) is 0 Å². The standard InChI is InChI=1S/2C6H8O7.Os.Pb/c2*7-3(8)1-6(13,5(11)12)2-4(9)10;;/h2*13H,1-2H2,(H,7,8)(H,9,10)(H,11,12);;/q;;;+2/p-2. The molecule has 1 aliphatic heterocycles. The summed E-state index contributed by atoms with van der Waals surface area (Å²) in [6, 6.07) is 0. The largest absolute Gasteiger partial charge is 0 e. The van der Waals surface area contributed by atoms with Crippen LogP contribution in [0.2, 0.25) is 0 Å². The third-order valence-corrected chi connectivity index (χ3v) is 5.09. The number of carboxylic acid groups (broad SMARTS) is 4. The molecule has 1 atom stereocenters. The van der Waals surface area contributed by atoms with Crippen molar-refractivity contribution in [3.05, 3.63) is 0 Å². The monoisotopic (exact) mass is 782 g/mol. The molecule has 1 fully saturated rings. The summed E-state index contributed by atoms with van der Waals surface area (Å²) in [7, 11) is 0. The minimum atomic E-state index is -2.74. The van der Waals surface area contributed by atoms with Crippen LogP contribution in [0.3, 0.4) is 0 Å². The fraction of sp³-hybridized carbons (Fsp3) is 0.500. The molecule has 0 aliphatic carbocycles. The van der Waals surface area contributed by atoms with Gasteiger partial charge in [-0.3, -0.25) is 9.59 Å². The molecule has 1 aliphatic rings. The average Bonchev–Trinajstić information content (AvgIpc) is 2.55. The molecule has 0 aromatic carbocycles. The van der Waals surface area contributed by atoms with Crippen molar-refractivity contribution in [2.24, 2.45) is 0 Å². The Morgan fingerprint density at radius 2 is 1.43 bits per heavy atom. The molecule has 0 aromatic heterocycles. The van der Waals surface area contributed by atoms with Crippen LogP contribution in [0.1, 0.15) is 25.7 Å². The molecule has 16 heteroatoms. The molecule has 1 saturated heterocycles. The molecule has 28 heavy (non-hydrogen) atoms. The van der Waals surface area contributed by atoms with Crippen molar-refractivity contribution in [3.63, 3.8) is 0 Å². The Hall–Kier alpha value is -1.70. The van der Waals surface area contributed by atoms with Crippen LogP contribution < -0.4 is 0 Å². The summed E-state index contributed by atoms with van der Waals surface area (Å²) in [6.45, 7) is 0. The van der Waals surface area contributed by atoms with Crippen molar-refractivity contribution < 1.29 is 84.6 Å². The van der Waals surface area contributed by atoms with Crippen LogP contribution in [0.4, 0.5) is 0 Å². The smallest absolute Gasteiger partial charge is 0 e. The minimum Gasteiger partial charge on any atom is 0 e. The molecule has 0 bridgehead atoms. The first-order chi connectivity index (χ1) is 12.2. The minimum absolute atomic E-state index is 0. The van der Waals surface area contributed by atoms with Crippen molar-refractivity contribution in [2.45, 2.75) is 36.9 Å². The Morgan fingerprint density at radius 3 is 1.79 bits per heavy atom. The van der Waals surface area contributed by atoms with Crippen molar-refractivity contribution in [1.29, 1.82) is 0 Å². The summed E-state index contributed by atoms with van der Waals surface area (Å²) >= 11 is -2.25. The molecule has 14 nitrogen and oxygen atoms in total. The fourth-order valence-electron chi connectivity index (χ4n) is 1.65. The van der Waals surface area contributed by atoms with Crippen molar-refractivity contribution >= 4 is 61.0 Å². The van der Waals surface area contributed by atoms with Crippen molar-refractivity contribution in [3.8, 4) is 0 Å². The van der Waals surface area contributed by atoms with Crippen LogP contribution >= 0.6 is 0 Å². The summed E-state index contributed by atoms with van der Waals surface area (Å²) in [5.41, 5.74) is -5.01. The molecule has 1 heterocycles. The SMILES string of the molecule is O=C(O)CC(O)(CC(=O)O)C(=O)O.O=C(O)CC1(O)CC(=O)[O][Pb][O]C1=O.[Os]. The number of hydrogen-bond acceptors (Lipinski definition) is 10. The summed E-state index contributed by atoms with van der Waals surface area (Å²) in [5, 5.41) is 51.8. The van der Waals surface area contributed by atoms with E-state index in [2.05, 4.69) is 5.37 Å². The van der Waals surface area contributed by atoms with Crippen LogP contribution in [-0.2, 0) is 53.9 Å². The predicted octanol–water partition coefficient (Wildman–Crippen LogP) is -3.03. The number of carbonyl (C=O) groups excluding carboxylic acids is 2. The topological polar surface area (TPSA) is 242 Å². The van der Waals surface area contributed by atoms with Gasteiger partial charge in [-0.1, -0.05) is 0 Å². The van der Waals surface area contributed by atoms with Gasteiger partial charge in [-0.25, -0.2) is 4.79 Å². The van der Waals surface area contributed by atoms with Crippen LogP contribution in [0, 0.1) is 0 Å². The molecule has 0 saturated carbocycles. The van der Waals surface area contributed by atoms with Crippen LogP contribution in [0.25, 0.3) is 0 Å². The maximum atomic E-state index is 11.1. The first kappa shape index (κ1) is 28.5. The quantitative estimate of drug-likeness (QED) is 0.141. The Labute approximate surface area is 182 Å². The number of aliphatic hydroxyl groups is 2. The van der Waals surface area contributed by atoms with E-state index in [-0.39, 0.29) is 19.8 Å². The number of rotatable bonds is 7. The Balaban J connectivity index is 0. The van der Waals surface area contributed by atoms with E-state index in [4.69, 9.17) is 25.5 Å². The summed E-state index contributed by atoms with van der Waals surface area (Å²) < 4.78 is 9.00. The number of aliphatic carboxylic acids is 4. The second-order valence-electron chi connectivity index (χ2n) is 5.20. The van der Waals surface area contributed by atoms with Crippen LogP contribution in [-0.4, -0.2) is 103 Å². The molecule has 1 rings (SSSR count). The van der Waals surface area contributed by atoms with Gasteiger partial charge in [0.2, 0.25) is 0 Å². The van der Waals surface area contributed by atoms with Crippen LogP contribution in [0.5, 0.6) is 0 Å². The maximum Gasteiger partial charge on any atom is 0 e. The Morgan fingerprint density at radius 1 is 0.964 bits per heavy atom. The molecular weight excluding hydrogens is 766 g/mol. The zero-order valence-electron chi connectivity index (χ0n) is 13.6. The predicted molar refractivity (Wildman–Crippen MR) is 76.8 cm³/mol. The van der Waals surface area contributed by atoms with E-state index < -0.39 is 97.8 Å². The van der Waals surface area contributed by atoms with Gasteiger partial charge in [-0.05, 0) is 0 Å². The molecule has 0 aromatic rings. The zero-order valence-corrected chi connectivity index (χ0v) is 20.1. The number of carbonyl (C=O) groups is 6. The third-order valence-electron chi connectivity index (χ3n) is 2.84. The molecule has 1 unspecified atom stereocenters. The molecule has 2 radical (unpaired) electrons. The molecule has 0 spiro atoms. The van der Waals surface area contributed by atoms with E-state index in [1.54, 1.807) is 0 Å². The van der Waals surface area contributed by atoms with E-state index in [0.29, 0.717) is 0 Å². The number of hydrogen-bond donors (Lipinski definition) is 6. The number of carboxylic acids is 4. The summed E-state index contributed by atoms with van der Waals surface area (Å²) in [6.07, 6.45) is -3.81. The normalized spacial score (nSPS) is 18.8. The average molecular weight is 780 g/mol. The fourth-order valence-corrected chi connectivity index (χ4v) is 3.48. The van der Waals surface area contributed by atoms with Gasteiger partial charge >= 0.3 is 109 Å². The second kappa shape index (κ2) is 12.0. The van der Waals surface area contributed by atoms with E-state index in [0.717, 1.165) is 0 Å². The van der Waals surface area contributed by atoms with Crippen molar-refractivity contribution in [2.75, 3.05) is 0 Å². The van der Waals surface area contributed by atoms with Gasteiger partial charge in [-0.15, -0.1) is 0 Å². The van der Waals surface area contributed by atoms with Gasteiger partial charge in [0.15, 0.2) is 5.60 Å². The zero-order chi connectivity index (χ0) is 21.4. The first-order valence-electron chi connectivity index (χ1n) is 6.71. The van der Waals surface area contributed by atoms with Gasteiger partial charge in [-0.2, -0.15) is 0 Å². The van der Waals surface area contributed by atoms with E-state index in [1.807, 2.05) is 0 Å². The molecular formula is C12H14O14OsPb. The van der Waals surface area contributed by atoms with Gasteiger partial charge < -0.3 is 20.4 Å². The molecule has 6 N–H and O–H groups in total. The summed E-state index contributed by atoms with van der Waals surface area (Å²) in [5.74, 6) is -8.26. The Bertz CT molecular complexity index is 632. The van der Waals surface area contributed by atoms with Gasteiger partial charge in [0.25, 0.3) is 0 Å². The molecule has 0 amide bonds. The first-order valence-corrected chi connectivity index (χ1v) is 9.89. The van der Waals surface area contributed by atoms with E-state index in [1.165, 1.54) is 0 Å². The third kappa shape index (κ3) is 10.0. The molecule has 158 valence electrons. The van der Waals surface area contributed by atoms with Crippen LogP contribution in [0.15, 0.2) is 0 Å². The summed E-state index contributed by atoms with van der Waals surface area (Å²) in [4.78, 5) is 62.8. The van der Waals surface area contributed by atoms with E-state index in [9.17, 15) is 33.9 Å². The van der Waals surface area contributed by atoms with E-state index >= 15 is 0 Å². The Kier molecular flexibility index (Phi) is 12.2. The van der Waals surface area contributed by atoms with Gasteiger partial charge in [0.1, 0.15) is 0 Å². The second-order valence-corrected chi connectivity index (χ2v) is 7.44.